The van der Waals surface area contributed by atoms with Crippen molar-refractivity contribution in [1.29, 1.82) is 0 Å². The van der Waals surface area contributed by atoms with Crippen molar-refractivity contribution < 1.29 is 4.42 Å². The van der Waals surface area contributed by atoms with E-state index in [2.05, 4.69) is 168 Å². The first-order valence-electron chi connectivity index (χ1n) is 19.8. The van der Waals surface area contributed by atoms with Gasteiger partial charge in [-0.15, -0.1) is 11.3 Å². The monoisotopic (exact) mass is 770 g/mol. The van der Waals surface area contributed by atoms with Crippen LogP contribution in [0.4, 0.5) is 0 Å². The van der Waals surface area contributed by atoms with Gasteiger partial charge in [0.15, 0.2) is 11.6 Å². The van der Waals surface area contributed by atoms with Gasteiger partial charge >= 0.3 is 0 Å². The molecule has 0 aliphatic heterocycles. The van der Waals surface area contributed by atoms with Crippen LogP contribution in [0.5, 0.6) is 0 Å². The van der Waals surface area contributed by atoms with E-state index in [9.17, 15) is 0 Å². The van der Waals surface area contributed by atoms with Crippen molar-refractivity contribution in [3.63, 3.8) is 0 Å². The first-order chi connectivity index (χ1) is 29.2. The maximum Gasteiger partial charge on any atom is 0.238 e. The largest absolute Gasteiger partial charge is 0.456 e. The van der Waals surface area contributed by atoms with Gasteiger partial charge in [0.05, 0.1) is 11.0 Å². The second kappa shape index (κ2) is 12.4. The SMILES string of the molecule is c1ccc2cc(-c3nc(-c4ccc5c(c4)oc4ccccc45)nc(-n4c5c(-c6cccc7c6sc6ccccc67)cccc5c5ccc6ccccc6c54)n3)ccc2c1. The average Bonchev–Trinajstić information content (AvgIpc) is 3.98. The summed E-state index contributed by atoms with van der Waals surface area (Å²) in [6.07, 6.45) is 0. The Morgan fingerprint density at radius 3 is 1.88 bits per heavy atom. The molecular weight excluding hydrogens is 741 g/mol. The van der Waals surface area contributed by atoms with Gasteiger partial charge in [-0.3, -0.25) is 4.57 Å². The van der Waals surface area contributed by atoms with Gasteiger partial charge in [-0.25, -0.2) is 4.98 Å². The number of hydrogen-bond donors (Lipinski definition) is 0. The Kier molecular flexibility index (Phi) is 6.82. The minimum atomic E-state index is 0.551. The van der Waals surface area contributed by atoms with Crippen LogP contribution in [-0.2, 0) is 0 Å². The van der Waals surface area contributed by atoms with E-state index in [0.29, 0.717) is 17.6 Å². The van der Waals surface area contributed by atoms with Gasteiger partial charge in [-0.2, -0.15) is 9.97 Å². The average molecular weight is 771 g/mol. The van der Waals surface area contributed by atoms with E-state index in [1.165, 1.54) is 25.7 Å². The molecule has 0 N–H and O–H groups in total. The molecule has 0 aliphatic rings. The van der Waals surface area contributed by atoms with E-state index in [1.807, 2.05) is 29.5 Å². The van der Waals surface area contributed by atoms with Crippen LogP contribution in [0.15, 0.2) is 186 Å². The smallest absolute Gasteiger partial charge is 0.238 e. The Hall–Kier alpha value is -7.67. The fraction of sp³-hybridized carbons (Fsp3) is 0. The molecule has 0 spiro atoms. The van der Waals surface area contributed by atoms with Crippen molar-refractivity contribution in [2.24, 2.45) is 0 Å². The zero-order valence-corrected chi connectivity index (χ0v) is 32.2. The van der Waals surface area contributed by atoms with Crippen molar-refractivity contribution in [1.82, 2.24) is 19.5 Å². The third-order valence-corrected chi connectivity index (χ3v) is 13.1. The molecule has 9 aromatic carbocycles. The summed E-state index contributed by atoms with van der Waals surface area (Å²) in [6, 6.07) is 64.4. The highest BCUT2D eigenvalue weighted by Gasteiger charge is 2.24. The number of thiophene rings is 1. The van der Waals surface area contributed by atoms with Gasteiger partial charge < -0.3 is 4.42 Å². The van der Waals surface area contributed by atoms with Crippen LogP contribution in [0.3, 0.4) is 0 Å². The van der Waals surface area contributed by atoms with Crippen molar-refractivity contribution >= 4 is 96.8 Å². The first kappa shape index (κ1) is 32.4. The fourth-order valence-electron chi connectivity index (χ4n) is 9.12. The molecule has 0 saturated heterocycles. The number of nitrogens with zero attached hydrogens (tertiary/aromatic N) is 4. The lowest BCUT2D eigenvalue weighted by Gasteiger charge is -2.14. The van der Waals surface area contributed by atoms with Gasteiger partial charge in [0.1, 0.15) is 11.2 Å². The Morgan fingerprint density at radius 1 is 0.390 bits per heavy atom. The lowest BCUT2D eigenvalue weighted by molar-refractivity contribution is 0.669. The molecule has 0 atom stereocenters. The maximum absolute atomic E-state index is 6.39. The molecule has 0 unspecified atom stereocenters. The first-order valence-corrected chi connectivity index (χ1v) is 20.6. The highest BCUT2D eigenvalue weighted by molar-refractivity contribution is 7.26. The predicted octanol–water partition coefficient (Wildman–Crippen LogP) is 14.5. The molecular formula is C53H30N4OS. The minimum absolute atomic E-state index is 0.551. The van der Waals surface area contributed by atoms with Crippen LogP contribution in [0.25, 0.3) is 125 Å². The van der Waals surface area contributed by atoms with E-state index in [4.69, 9.17) is 19.4 Å². The van der Waals surface area contributed by atoms with E-state index in [1.54, 1.807) is 0 Å². The van der Waals surface area contributed by atoms with Gasteiger partial charge in [0, 0.05) is 69.4 Å². The Balaban J connectivity index is 1.15. The molecule has 5 nitrogen and oxygen atoms in total. The number of rotatable bonds is 4. The number of benzene rings is 9. The number of furan rings is 1. The number of fused-ring (bicyclic) bond motifs is 12. The van der Waals surface area contributed by atoms with Gasteiger partial charge in [-0.1, -0.05) is 152 Å². The van der Waals surface area contributed by atoms with Crippen LogP contribution < -0.4 is 0 Å². The Labute approximate surface area is 341 Å². The van der Waals surface area contributed by atoms with Gasteiger partial charge in [-0.05, 0) is 46.5 Å². The maximum atomic E-state index is 6.39. The number of para-hydroxylation sites is 2. The molecule has 0 fully saturated rings. The van der Waals surface area contributed by atoms with Crippen LogP contribution in [-0.4, -0.2) is 19.5 Å². The topological polar surface area (TPSA) is 56.7 Å². The molecule has 0 bridgehead atoms. The second-order valence-corrected chi connectivity index (χ2v) is 16.2. The second-order valence-electron chi connectivity index (χ2n) is 15.2. The summed E-state index contributed by atoms with van der Waals surface area (Å²) in [4.78, 5) is 16.1. The summed E-state index contributed by atoms with van der Waals surface area (Å²) in [5.41, 5.74) is 7.83. The van der Waals surface area contributed by atoms with E-state index in [-0.39, 0.29) is 0 Å². The Morgan fingerprint density at radius 2 is 1.00 bits per heavy atom. The lowest BCUT2D eigenvalue weighted by Crippen LogP contribution is -2.07. The molecule has 13 aromatic rings. The highest BCUT2D eigenvalue weighted by atomic mass is 32.1. The molecule has 13 rings (SSSR count). The summed E-state index contributed by atoms with van der Waals surface area (Å²) in [7, 11) is 0. The van der Waals surface area contributed by atoms with Crippen molar-refractivity contribution in [2.75, 3.05) is 0 Å². The standard InChI is InChI=1S/C53H30N4OS/c1-2-13-33-29-34(24-23-31(33)11-1)51-54-52(35-26-27-38-37-15-5-7-21-45(37)58-46(38)30-35)56-53(55-51)57-48-36-14-4-3-12-32(36)25-28-42(48)40-17-9-18-41(49(40)57)44-20-10-19-43-39-16-6-8-22-47(39)59-50(43)44/h1-30H. The summed E-state index contributed by atoms with van der Waals surface area (Å²) in [5, 5.41) is 11.5. The molecule has 274 valence electrons. The van der Waals surface area contributed by atoms with Crippen LogP contribution in [0.1, 0.15) is 0 Å². The summed E-state index contributed by atoms with van der Waals surface area (Å²) >= 11 is 1.85. The summed E-state index contributed by atoms with van der Waals surface area (Å²) < 4.78 is 11.2. The summed E-state index contributed by atoms with van der Waals surface area (Å²) in [6.45, 7) is 0. The molecule has 0 aliphatic carbocycles. The number of aromatic nitrogens is 4. The fourth-order valence-corrected chi connectivity index (χ4v) is 10.4. The molecule has 59 heavy (non-hydrogen) atoms. The predicted molar refractivity (Wildman–Crippen MR) is 246 cm³/mol. The molecule has 0 amide bonds. The Bertz CT molecular complexity index is 3870. The third-order valence-electron chi connectivity index (χ3n) is 11.8. The van der Waals surface area contributed by atoms with Crippen LogP contribution in [0, 0.1) is 0 Å². The van der Waals surface area contributed by atoms with Crippen LogP contribution >= 0.6 is 11.3 Å². The van der Waals surface area contributed by atoms with Crippen molar-refractivity contribution in [2.45, 2.75) is 0 Å². The molecule has 6 heteroatoms. The highest BCUT2D eigenvalue weighted by Crippen LogP contribution is 2.45. The van der Waals surface area contributed by atoms with E-state index < -0.39 is 0 Å². The van der Waals surface area contributed by atoms with Crippen LogP contribution in [0.2, 0.25) is 0 Å². The third kappa shape index (κ3) is 4.87. The summed E-state index contributed by atoms with van der Waals surface area (Å²) in [5.74, 6) is 1.72. The van der Waals surface area contributed by atoms with Gasteiger partial charge in [0.2, 0.25) is 5.95 Å². The molecule has 0 radical (unpaired) electrons. The normalized spacial score (nSPS) is 12.1. The minimum Gasteiger partial charge on any atom is -0.456 e. The van der Waals surface area contributed by atoms with Gasteiger partial charge in [0.25, 0.3) is 0 Å². The zero-order chi connectivity index (χ0) is 38.6. The number of hydrogen-bond acceptors (Lipinski definition) is 5. The zero-order valence-electron chi connectivity index (χ0n) is 31.4. The van der Waals surface area contributed by atoms with E-state index in [0.717, 1.165) is 82.0 Å². The molecule has 0 saturated carbocycles. The molecule has 4 aromatic heterocycles. The van der Waals surface area contributed by atoms with E-state index >= 15 is 0 Å². The lowest BCUT2D eigenvalue weighted by atomic mass is 9.99. The quantitative estimate of drug-likeness (QED) is 0.179. The molecule has 4 heterocycles. The van der Waals surface area contributed by atoms with Crippen molar-refractivity contribution in [3.8, 4) is 39.9 Å². The van der Waals surface area contributed by atoms with Crippen molar-refractivity contribution in [3.05, 3.63) is 182 Å².